The molecule has 1 amide bonds. The number of para-hydroxylation sites is 1. The van der Waals surface area contributed by atoms with Crippen LogP contribution in [0.2, 0.25) is 0 Å². The van der Waals surface area contributed by atoms with Gasteiger partial charge in [-0.2, -0.15) is 15.0 Å². The van der Waals surface area contributed by atoms with Gasteiger partial charge in [-0.15, -0.1) is 0 Å². The molecule has 1 unspecified atom stereocenters. The fourth-order valence-electron chi connectivity index (χ4n) is 3.36. The molecule has 9 heteroatoms. The minimum Gasteiger partial charge on any atom is -0.495 e. The van der Waals surface area contributed by atoms with Crippen molar-refractivity contribution in [2.45, 2.75) is 18.9 Å². The van der Waals surface area contributed by atoms with E-state index in [1.54, 1.807) is 37.8 Å². The summed E-state index contributed by atoms with van der Waals surface area (Å²) in [7, 11) is 1.59. The number of pyridine rings is 1. The highest BCUT2D eigenvalue weighted by Crippen LogP contribution is 2.33. The van der Waals surface area contributed by atoms with Crippen molar-refractivity contribution in [1.29, 1.82) is 0 Å². The van der Waals surface area contributed by atoms with Crippen LogP contribution in [0.15, 0.2) is 53.4 Å². The maximum Gasteiger partial charge on any atom is 0.256 e. The van der Waals surface area contributed by atoms with Crippen molar-refractivity contribution in [3.8, 4) is 17.3 Å². The molecule has 150 valence electrons. The van der Waals surface area contributed by atoms with Crippen LogP contribution in [0.5, 0.6) is 11.6 Å². The molecule has 2 aromatic heterocycles. The van der Waals surface area contributed by atoms with Crippen LogP contribution < -0.4 is 9.47 Å². The Morgan fingerprint density at radius 3 is 2.76 bits per heavy atom. The van der Waals surface area contributed by atoms with Crippen molar-refractivity contribution in [1.82, 2.24) is 24.9 Å². The maximum atomic E-state index is 13.2. The molecule has 1 aromatic carbocycles. The Balaban J connectivity index is 1.52. The lowest BCUT2D eigenvalue weighted by Gasteiger charge is -2.33. The van der Waals surface area contributed by atoms with Crippen molar-refractivity contribution < 1.29 is 14.3 Å². The normalized spacial score (nSPS) is 16.5. The Morgan fingerprint density at radius 2 is 1.97 bits per heavy atom. The number of hydrogen-bond acceptors (Lipinski definition) is 6. The molecule has 4 rings (SSSR count). The number of hydrogen-bond donors (Lipinski definition) is 0. The Kier molecular flexibility index (Phi) is 5.75. The Labute approximate surface area is 176 Å². The summed E-state index contributed by atoms with van der Waals surface area (Å²) in [5, 5.41) is 8.31. The molecular weight excluding hydrogens is 438 g/mol. The van der Waals surface area contributed by atoms with Crippen molar-refractivity contribution in [2.75, 3.05) is 20.2 Å². The third kappa shape index (κ3) is 4.09. The van der Waals surface area contributed by atoms with Gasteiger partial charge >= 0.3 is 0 Å². The molecule has 0 bridgehead atoms. The lowest BCUT2D eigenvalue weighted by Crippen LogP contribution is -2.44. The lowest BCUT2D eigenvalue weighted by molar-refractivity contribution is 0.0525. The van der Waals surface area contributed by atoms with E-state index in [0.29, 0.717) is 40.4 Å². The lowest BCUT2D eigenvalue weighted by atomic mass is 10.1. The zero-order valence-electron chi connectivity index (χ0n) is 15.9. The first-order valence-corrected chi connectivity index (χ1v) is 10.1. The summed E-state index contributed by atoms with van der Waals surface area (Å²) in [6.45, 7) is 1.15. The van der Waals surface area contributed by atoms with Gasteiger partial charge in [0.1, 0.15) is 16.3 Å². The second-order valence-corrected chi connectivity index (χ2v) is 7.39. The van der Waals surface area contributed by atoms with E-state index in [0.717, 1.165) is 12.8 Å². The van der Waals surface area contributed by atoms with Crippen molar-refractivity contribution in [3.63, 3.8) is 0 Å². The number of benzene rings is 1. The molecule has 1 aliphatic heterocycles. The van der Waals surface area contributed by atoms with Gasteiger partial charge in [0.25, 0.3) is 5.91 Å². The molecule has 8 nitrogen and oxygen atoms in total. The number of halogens is 1. The Hall–Kier alpha value is -2.94. The number of ether oxygens (including phenoxy) is 2. The van der Waals surface area contributed by atoms with Crippen LogP contribution in [-0.4, -0.2) is 57.1 Å². The minimum atomic E-state index is -0.154. The van der Waals surface area contributed by atoms with Crippen LogP contribution >= 0.6 is 15.9 Å². The summed E-state index contributed by atoms with van der Waals surface area (Å²) in [5.74, 6) is 1.05. The molecule has 0 spiro atoms. The van der Waals surface area contributed by atoms with E-state index in [-0.39, 0.29) is 12.0 Å². The van der Waals surface area contributed by atoms with Crippen LogP contribution in [-0.2, 0) is 0 Å². The highest BCUT2D eigenvalue weighted by Gasteiger charge is 2.28. The van der Waals surface area contributed by atoms with Crippen LogP contribution in [0.4, 0.5) is 0 Å². The number of carbonyl (C=O) groups is 1. The number of carbonyl (C=O) groups excluding carboxylic acids is 1. The zero-order valence-corrected chi connectivity index (χ0v) is 17.4. The van der Waals surface area contributed by atoms with E-state index in [4.69, 9.17) is 9.47 Å². The second kappa shape index (κ2) is 8.60. The third-order valence-corrected chi connectivity index (χ3v) is 5.48. The topological polar surface area (TPSA) is 82.4 Å². The first kappa shape index (κ1) is 19.4. The number of nitrogens with zero attached hydrogens (tertiary/aromatic N) is 5. The van der Waals surface area contributed by atoms with Gasteiger partial charge in [0.05, 0.1) is 37.3 Å². The average molecular weight is 458 g/mol. The van der Waals surface area contributed by atoms with Gasteiger partial charge in [-0.1, -0.05) is 12.1 Å². The van der Waals surface area contributed by atoms with Gasteiger partial charge in [-0.05, 0) is 47.0 Å². The molecule has 0 radical (unpaired) electrons. The summed E-state index contributed by atoms with van der Waals surface area (Å²) >= 11 is 3.47. The highest BCUT2D eigenvalue weighted by molar-refractivity contribution is 9.10. The van der Waals surface area contributed by atoms with E-state index >= 15 is 0 Å². The monoisotopic (exact) mass is 457 g/mol. The SMILES string of the molecule is COc1ccnc(OC2CCCN(C(=O)c3ccccc3-n3nccn3)C2)c1Br. The fraction of sp³-hybridized carbons (Fsp3) is 0.300. The molecule has 1 aliphatic rings. The average Bonchev–Trinajstić information content (AvgIpc) is 3.30. The minimum absolute atomic E-state index is 0.0659. The first-order valence-electron chi connectivity index (χ1n) is 9.27. The molecule has 0 aliphatic carbocycles. The summed E-state index contributed by atoms with van der Waals surface area (Å²) < 4.78 is 12.0. The summed E-state index contributed by atoms with van der Waals surface area (Å²) in [6.07, 6.45) is 6.35. The second-order valence-electron chi connectivity index (χ2n) is 6.60. The predicted octanol–water partition coefficient (Wildman–Crippen LogP) is 3.12. The van der Waals surface area contributed by atoms with Gasteiger partial charge < -0.3 is 14.4 Å². The summed E-state index contributed by atoms with van der Waals surface area (Å²) in [5.41, 5.74) is 1.22. The Morgan fingerprint density at radius 1 is 1.17 bits per heavy atom. The number of amides is 1. The van der Waals surface area contributed by atoms with E-state index in [1.807, 2.05) is 23.1 Å². The third-order valence-electron chi connectivity index (χ3n) is 4.75. The smallest absolute Gasteiger partial charge is 0.256 e. The standard InChI is InChI=1S/C20H20BrN5O3/c1-28-17-8-9-22-19(18(17)21)29-14-5-4-12-25(13-14)20(27)15-6-2-3-7-16(15)26-23-10-11-24-26/h2-3,6-11,14H,4-5,12-13H2,1H3. The summed E-state index contributed by atoms with van der Waals surface area (Å²) in [4.78, 5) is 20.8. The number of methoxy groups -OCH3 is 1. The van der Waals surface area contributed by atoms with Crippen molar-refractivity contribution >= 4 is 21.8 Å². The number of rotatable bonds is 5. The largest absolute Gasteiger partial charge is 0.495 e. The molecule has 29 heavy (non-hydrogen) atoms. The van der Waals surface area contributed by atoms with Gasteiger partial charge in [0.2, 0.25) is 5.88 Å². The van der Waals surface area contributed by atoms with E-state index in [9.17, 15) is 4.79 Å². The van der Waals surface area contributed by atoms with E-state index < -0.39 is 0 Å². The molecule has 0 saturated carbocycles. The molecule has 0 N–H and O–H groups in total. The maximum absolute atomic E-state index is 13.2. The van der Waals surface area contributed by atoms with Crippen LogP contribution in [0.25, 0.3) is 5.69 Å². The van der Waals surface area contributed by atoms with Crippen LogP contribution in [0, 0.1) is 0 Å². The molecule has 1 fully saturated rings. The Bertz CT molecular complexity index is 996. The number of piperidine rings is 1. The van der Waals surface area contributed by atoms with Gasteiger partial charge in [0, 0.05) is 12.7 Å². The highest BCUT2D eigenvalue weighted by atomic mass is 79.9. The van der Waals surface area contributed by atoms with Gasteiger partial charge in [-0.25, -0.2) is 4.98 Å². The van der Waals surface area contributed by atoms with Crippen LogP contribution in [0.3, 0.4) is 0 Å². The van der Waals surface area contributed by atoms with Crippen molar-refractivity contribution in [2.24, 2.45) is 0 Å². The molecule has 3 heterocycles. The van der Waals surface area contributed by atoms with E-state index in [2.05, 4.69) is 31.1 Å². The van der Waals surface area contributed by atoms with Crippen LogP contribution in [0.1, 0.15) is 23.2 Å². The fourth-order valence-corrected chi connectivity index (χ4v) is 3.85. The molecular formula is C20H20BrN5O3. The molecule has 1 saturated heterocycles. The number of aromatic nitrogens is 4. The first-order chi connectivity index (χ1) is 14.2. The quantitative estimate of drug-likeness (QED) is 0.585. The molecule has 3 aromatic rings. The number of likely N-dealkylation sites (tertiary alicyclic amines) is 1. The zero-order chi connectivity index (χ0) is 20.2. The van der Waals surface area contributed by atoms with Gasteiger partial charge in [-0.3, -0.25) is 4.79 Å². The summed E-state index contributed by atoms with van der Waals surface area (Å²) in [6, 6.07) is 9.10. The van der Waals surface area contributed by atoms with Crippen molar-refractivity contribution in [3.05, 3.63) is 59.0 Å². The molecule has 1 atom stereocenters. The predicted molar refractivity (Wildman–Crippen MR) is 109 cm³/mol. The van der Waals surface area contributed by atoms with Gasteiger partial charge in [0.15, 0.2) is 0 Å². The van der Waals surface area contributed by atoms with E-state index in [1.165, 1.54) is 4.80 Å².